The maximum atomic E-state index is 12.4. The van der Waals surface area contributed by atoms with Gasteiger partial charge in [-0.3, -0.25) is 19.6 Å². The first-order valence-corrected chi connectivity index (χ1v) is 16.2. The van der Waals surface area contributed by atoms with Crippen molar-refractivity contribution < 1.29 is 14.3 Å². The number of thiocarbonyl (C=S) groups is 1. The Morgan fingerprint density at radius 1 is 1.21 bits per heavy atom. The number of carbonyl (C=O) groups excluding carboxylic acids is 2. The van der Waals surface area contributed by atoms with Gasteiger partial charge in [-0.15, -0.1) is 0 Å². The van der Waals surface area contributed by atoms with Crippen LogP contribution in [-0.4, -0.2) is 60.3 Å². The molecule has 47 heavy (non-hydrogen) atoms. The zero-order chi connectivity index (χ0) is 34.5. The molecular formula is C34H47N9O3S. The Morgan fingerprint density at radius 3 is 2.57 bits per heavy atom. The lowest BCUT2D eigenvalue weighted by Crippen LogP contribution is -2.39. The molecule has 1 aromatic carbocycles. The van der Waals surface area contributed by atoms with Gasteiger partial charge < -0.3 is 42.4 Å². The smallest absolute Gasteiger partial charge is 0.269 e. The number of hydrogen-bond acceptors (Lipinski definition) is 10. The first-order valence-electron chi connectivity index (χ1n) is 15.8. The Hall–Kier alpha value is -4.91. The molecule has 2 amide bonds. The molecule has 0 saturated heterocycles. The number of aryl methyl sites for hydroxylation is 1. The number of aliphatic imine (C=N–C) groups is 1. The maximum Gasteiger partial charge on any atom is 0.269 e. The second kappa shape index (κ2) is 17.7. The molecule has 12 nitrogen and oxygen atoms in total. The van der Waals surface area contributed by atoms with Crippen molar-refractivity contribution >= 4 is 46.1 Å². The number of methoxy groups -OCH3 is 1. The van der Waals surface area contributed by atoms with E-state index in [0.717, 1.165) is 42.5 Å². The van der Waals surface area contributed by atoms with E-state index in [2.05, 4.69) is 39.2 Å². The summed E-state index contributed by atoms with van der Waals surface area (Å²) in [5, 5.41) is 11.6. The minimum absolute atomic E-state index is 0.0414. The van der Waals surface area contributed by atoms with Crippen LogP contribution in [0.3, 0.4) is 0 Å². The predicted octanol–water partition coefficient (Wildman–Crippen LogP) is 3.53. The van der Waals surface area contributed by atoms with E-state index >= 15 is 0 Å². The summed E-state index contributed by atoms with van der Waals surface area (Å²) in [7, 11) is 4.94. The number of amidine groups is 1. The topological polar surface area (TPSA) is 172 Å². The molecule has 252 valence electrons. The van der Waals surface area contributed by atoms with Crippen molar-refractivity contribution in [2.24, 2.45) is 22.4 Å². The number of benzene rings is 1. The normalized spacial score (nSPS) is 14.6. The van der Waals surface area contributed by atoms with Gasteiger partial charge in [-0.25, -0.2) is 0 Å². The number of likely N-dealkylation sites (N-methyl/N-ethyl adjacent to an activating group) is 2. The Bertz CT molecular complexity index is 1580. The third kappa shape index (κ3) is 10.0. The van der Waals surface area contributed by atoms with Gasteiger partial charge in [0.1, 0.15) is 22.3 Å². The van der Waals surface area contributed by atoms with Crippen molar-refractivity contribution in [2.45, 2.75) is 53.0 Å². The number of amides is 2. The number of aromatic nitrogens is 1. The molecule has 8 N–H and O–H groups in total. The molecule has 1 aliphatic carbocycles. The van der Waals surface area contributed by atoms with Gasteiger partial charge in [0.15, 0.2) is 5.84 Å². The average Bonchev–Trinajstić information content (AvgIpc) is 3.94. The van der Waals surface area contributed by atoms with Crippen LogP contribution in [0.4, 0.5) is 5.69 Å². The van der Waals surface area contributed by atoms with Gasteiger partial charge in [-0.05, 0) is 43.0 Å². The molecule has 2 aromatic rings. The van der Waals surface area contributed by atoms with Crippen LogP contribution in [-0.2, 0) is 22.6 Å². The lowest BCUT2D eigenvalue weighted by Gasteiger charge is -2.24. The van der Waals surface area contributed by atoms with E-state index in [1.807, 2.05) is 56.4 Å². The average molecular weight is 662 g/mol. The highest BCUT2D eigenvalue weighted by molar-refractivity contribution is 7.82. The summed E-state index contributed by atoms with van der Waals surface area (Å²) in [5.74, 6) is 0.422. The van der Waals surface area contributed by atoms with Crippen molar-refractivity contribution in [1.29, 1.82) is 0 Å². The fourth-order valence-corrected chi connectivity index (χ4v) is 4.92. The highest BCUT2D eigenvalue weighted by Gasteiger charge is 2.30. The standard InChI is InChI=1S/C32H41N9O3S.C2H6/c1-5-7-19-12-13-36-22(14-19)18-41(3)32(45)29-37-16-21(17-38-29)23-8-6-9-24(28(23)44-4)39-25(27(34)31(43)35-2)15-26(33)40-30(42)20-10-11-20;1-2/h6,8-9,12-16,20,39H,5,7,10-11,17-18,33-34H2,1-4H3,(H,35,43)(H,37,38)(H,40,42);1-2H3/b26-15+,27-25+;. The molecule has 13 heteroatoms. The van der Waals surface area contributed by atoms with Crippen molar-refractivity contribution in [3.63, 3.8) is 0 Å². The summed E-state index contributed by atoms with van der Waals surface area (Å²) in [4.78, 5) is 36.4. The molecule has 0 atom stereocenters. The van der Waals surface area contributed by atoms with E-state index < -0.39 is 5.91 Å². The maximum absolute atomic E-state index is 12.4. The van der Waals surface area contributed by atoms with Crippen LogP contribution >= 0.6 is 12.2 Å². The van der Waals surface area contributed by atoms with Crippen molar-refractivity contribution in [2.75, 3.05) is 33.1 Å². The summed E-state index contributed by atoms with van der Waals surface area (Å²) >= 11 is 5.73. The third-order valence-electron chi connectivity index (χ3n) is 7.27. The number of ether oxygens (including phenoxy) is 1. The van der Waals surface area contributed by atoms with Crippen molar-refractivity contribution in [3.05, 3.63) is 82.8 Å². The molecule has 2 heterocycles. The highest BCUT2D eigenvalue weighted by atomic mass is 32.1. The fraction of sp³-hybridized carbons (Fsp3) is 0.382. The SMILES string of the molecule is CC.CCCc1ccnc(CN(C)C(=S)C2=NCC(c3cccc(NC(/C=C(\N)NC(=O)C4CC4)=C(/N)C(=O)NC)c3OC)=CN2)c1. The molecule has 2 aliphatic rings. The molecule has 1 aliphatic heterocycles. The lowest BCUT2D eigenvalue weighted by molar-refractivity contribution is -0.121. The van der Waals surface area contributed by atoms with E-state index in [1.54, 1.807) is 13.2 Å². The quantitative estimate of drug-likeness (QED) is 0.106. The molecule has 1 saturated carbocycles. The summed E-state index contributed by atoms with van der Waals surface area (Å²) in [6, 6.07) is 9.68. The molecule has 1 aromatic heterocycles. The molecule has 0 bridgehead atoms. The minimum Gasteiger partial charge on any atom is -0.494 e. The molecule has 1 fully saturated rings. The minimum atomic E-state index is -0.517. The number of allylic oxidation sites excluding steroid dienone is 1. The summed E-state index contributed by atoms with van der Waals surface area (Å²) in [6.45, 7) is 7.07. The van der Waals surface area contributed by atoms with Gasteiger partial charge in [0.05, 0.1) is 37.3 Å². The second-order valence-corrected chi connectivity index (χ2v) is 11.2. The highest BCUT2D eigenvalue weighted by Crippen LogP contribution is 2.35. The van der Waals surface area contributed by atoms with E-state index in [0.29, 0.717) is 35.4 Å². The van der Waals surface area contributed by atoms with Crippen LogP contribution in [0.25, 0.3) is 5.57 Å². The Labute approximate surface area is 282 Å². The number of hydrogen-bond donors (Lipinski definition) is 6. The molecule has 0 radical (unpaired) electrons. The van der Waals surface area contributed by atoms with Crippen LogP contribution in [0.1, 0.15) is 56.9 Å². The summed E-state index contributed by atoms with van der Waals surface area (Å²) in [6.07, 6.45) is 8.84. The zero-order valence-corrected chi connectivity index (χ0v) is 28.9. The van der Waals surface area contributed by atoms with Crippen molar-refractivity contribution in [3.8, 4) is 5.75 Å². The number of nitrogens with two attached hydrogens (primary N) is 2. The third-order valence-corrected chi connectivity index (χ3v) is 7.78. The van der Waals surface area contributed by atoms with Crippen LogP contribution in [0.2, 0.25) is 0 Å². The van der Waals surface area contributed by atoms with Gasteiger partial charge >= 0.3 is 0 Å². The second-order valence-electron chi connectivity index (χ2n) is 10.8. The van der Waals surface area contributed by atoms with Gasteiger partial charge in [-0.1, -0.05) is 51.5 Å². The van der Waals surface area contributed by atoms with Crippen LogP contribution in [0.5, 0.6) is 5.75 Å². The van der Waals surface area contributed by atoms with Crippen molar-refractivity contribution in [1.82, 2.24) is 25.8 Å². The number of pyridine rings is 1. The Morgan fingerprint density at radius 2 is 1.96 bits per heavy atom. The van der Waals surface area contributed by atoms with Crippen LogP contribution in [0, 0.1) is 5.92 Å². The van der Waals surface area contributed by atoms with Crippen LogP contribution < -0.4 is 37.5 Å². The van der Waals surface area contributed by atoms with Gasteiger partial charge in [0.2, 0.25) is 5.91 Å². The van der Waals surface area contributed by atoms with E-state index in [-0.39, 0.29) is 29.0 Å². The van der Waals surface area contributed by atoms with E-state index in [4.69, 9.17) is 33.4 Å². The zero-order valence-electron chi connectivity index (χ0n) is 28.1. The van der Waals surface area contributed by atoms with Gasteiger partial charge in [0.25, 0.3) is 5.91 Å². The Balaban J connectivity index is 0.00000294. The predicted molar refractivity (Wildman–Crippen MR) is 192 cm³/mol. The fourth-order valence-electron chi connectivity index (χ4n) is 4.73. The summed E-state index contributed by atoms with van der Waals surface area (Å²) in [5.41, 5.74) is 16.7. The number of rotatable bonds is 13. The number of para-hydroxylation sites is 1. The number of anilines is 1. The molecular weight excluding hydrogens is 615 g/mol. The number of nitrogens with one attached hydrogen (secondary N) is 4. The largest absolute Gasteiger partial charge is 0.494 e. The first kappa shape index (κ1) is 36.6. The van der Waals surface area contributed by atoms with E-state index in [1.165, 1.54) is 18.7 Å². The van der Waals surface area contributed by atoms with E-state index in [9.17, 15) is 9.59 Å². The monoisotopic (exact) mass is 661 g/mol. The van der Waals surface area contributed by atoms with Gasteiger partial charge in [-0.2, -0.15) is 0 Å². The Kier molecular flexibility index (Phi) is 13.8. The molecule has 4 rings (SSSR count). The number of nitrogens with zero attached hydrogens (tertiary/aromatic N) is 3. The lowest BCUT2D eigenvalue weighted by atomic mass is 10.0. The molecule has 0 unspecified atom stereocenters. The first-order chi connectivity index (χ1) is 22.6. The van der Waals surface area contributed by atoms with Gasteiger partial charge in [0, 0.05) is 49.6 Å². The summed E-state index contributed by atoms with van der Waals surface area (Å²) < 4.78 is 5.81. The number of carbonyl (C=O) groups is 2. The van der Waals surface area contributed by atoms with Crippen LogP contribution in [0.15, 0.2) is 71.0 Å². The molecule has 0 spiro atoms.